The maximum absolute atomic E-state index is 12.4. The second kappa shape index (κ2) is 7.35. The van der Waals surface area contributed by atoms with E-state index in [1.807, 2.05) is 20.8 Å². The van der Waals surface area contributed by atoms with Gasteiger partial charge in [-0.3, -0.25) is 14.4 Å². The Bertz CT molecular complexity index is 447. The van der Waals surface area contributed by atoms with Crippen LogP contribution in [0.4, 0.5) is 0 Å². The van der Waals surface area contributed by atoms with Crippen LogP contribution in [-0.4, -0.2) is 51.5 Å². The third-order valence-corrected chi connectivity index (χ3v) is 4.71. The molecule has 1 aliphatic heterocycles. The monoisotopic (exact) mass is 330 g/mol. The number of thioether (sulfide) groups is 1. The van der Waals surface area contributed by atoms with Crippen LogP contribution in [0.5, 0.6) is 0 Å². The minimum absolute atomic E-state index is 0.0309. The number of hydrogen-bond acceptors (Lipinski definition) is 4. The summed E-state index contributed by atoms with van der Waals surface area (Å²) in [7, 11) is 0. The number of nitrogens with one attached hydrogen (secondary N) is 1. The number of carbonyl (C=O) groups excluding carboxylic acids is 2. The number of hydrogen-bond donors (Lipinski definition) is 2. The van der Waals surface area contributed by atoms with Crippen molar-refractivity contribution in [1.82, 2.24) is 10.2 Å². The highest BCUT2D eigenvalue weighted by molar-refractivity contribution is 7.99. The van der Waals surface area contributed by atoms with Crippen LogP contribution in [0, 0.1) is 11.3 Å². The lowest BCUT2D eigenvalue weighted by Gasteiger charge is -2.28. The minimum atomic E-state index is -0.950. The zero-order valence-corrected chi connectivity index (χ0v) is 14.7. The Morgan fingerprint density at radius 1 is 1.32 bits per heavy atom. The van der Waals surface area contributed by atoms with Gasteiger partial charge >= 0.3 is 5.97 Å². The molecule has 6 nitrogen and oxygen atoms in total. The fourth-order valence-corrected chi connectivity index (χ4v) is 3.30. The number of aliphatic carboxylic acids is 1. The van der Waals surface area contributed by atoms with Crippen LogP contribution in [0.15, 0.2) is 0 Å². The van der Waals surface area contributed by atoms with Gasteiger partial charge in [-0.2, -0.15) is 0 Å². The Labute approximate surface area is 136 Å². The van der Waals surface area contributed by atoms with Crippen molar-refractivity contribution < 1.29 is 19.5 Å². The number of carboxylic acids is 1. The normalized spacial score (nSPS) is 21.3. The van der Waals surface area contributed by atoms with E-state index in [1.165, 1.54) is 0 Å². The lowest BCUT2D eigenvalue weighted by atomic mass is 9.91. The first-order valence-electron chi connectivity index (χ1n) is 7.43. The summed E-state index contributed by atoms with van der Waals surface area (Å²) in [6.07, 6.45) is 0.387. The largest absolute Gasteiger partial charge is 0.481 e. The molecule has 0 aliphatic carbocycles. The molecule has 1 saturated heterocycles. The Balaban J connectivity index is 2.68. The fourth-order valence-electron chi connectivity index (χ4n) is 2.12. The molecular weight excluding hydrogens is 304 g/mol. The summed E-state index contributed by atoms with van der Waals surface area (Å²) in [6, 6.07) is -0.988. The van der Waals surface area contributed by atoms with Crippen LogP contribution >= 0.6 is 11.8 Å². The predicted octanol–water partition coefficient (Wildman–Crippen LogP) is 1.55. The van der Waals surface area contributed by atoms with Crippen molar-refractivity contribution in [3.63, 3.8) is 0 Å². The summed E-state index contributed by atoms with van der Waals surface area (Å²) in [5, 5.41) is 11.7. The summed E-state index contributed by atoms with van der Waals surface area (Å²) >= 11 is 1.54. The van der Waals surface area contributed by atoms with E-state index in [-0.39, 0.29) is 17.2 Å². The summed E-state index contributed by atoms with van der Waals surface area (Å²) in [5.41, 5.74) is -0.128. The zero-order valence-electron chi connectivity index (χ0n) is 13.9. The summed E-state index contributed by atoms with van der Waals surface area (Å²) < 4.78 is 0. The van der Waals surface area contributed by atoms with Gasteiger partial charge in [-0.1, -0.05) is 20.8 Å². The first-order valence-corrected chi connectivity index (χ1v) is 8.59. The molecule has 0 bridgehead atoms. The van der Waals surface area contributed by atoms with E-state index in [2.05, 4.69) is 5.32 Å². The Hall–Kier alpha value is -1.24. The maximum atomic E-state index is 12.4. The summed E-state index contributed by atoms with van der Waals surface area (Å²) in [5.74, 6) is -0.860. The van der Waals surface area contributed by atoms with Crippen LogP contribution in [0.2, 0.25) is 0 Å². The van der Waals surface area contributed by atoms with E-state index in [0.717, 1.165) is 0 Å². The van der Waals surface area contributed by atoms with E-state index in [1.54, 1.807) is 30.5 Å². The molecule has 0 saturated carbocycles. The standard InChI is InChI=1S/C15H26N2O4S/c1-9(14(20)21)10(2)16-13(19)11-7-22-8-17(11)12(18)6-15(3,4)5/h9-11H,6-8H2,1-5H3,(H,16,19)(H,20,21). The molecule has 2 N–H and O–H groups in total. The van der Waals surface area contributed by atoms with Crippen molar-refractivity contribution in [3.8, 4) is 0 Å². The number of carbonyl (C=O) groups is 3. The smallest absolute Gasteiger partial charge is 0.308 e. The van der Waals surface area contributed by atoms with Gasteiger partial charge in [-0.05, 0) is 19.3 Å². The Morgan fingerprint density at radius 3 is 2.41 bits per heavy atom. The number of rotatable bonds is 5. The highest BCUT2D eigenvalue weighted by Gasteiger charge is 2.36. The molecule has 1 heterocycles. The summed E-state index contributed by atoms with van der Waals surface area (Å²) in [4.78, 5) is 37.2. The summed E-state index contributed by atoms with van der Waals surface area (Å²) in [6.45, 7) is 9.18. The number of amides is 2. The highest BCUT2D eigenvalue weighted by Crippen LogP contribution is 2.26. The molecule has 3 unspecified atom stereocenters. The predicted molar refractivity (Wildman–Crippen MR) is 86.4 cm³/mol. The van der Waals surface area contributed by atoms with Gasteiger partial charge in [0.05, 0.1) is 11.8 Å². The third-order valence-electron chi connectivity index (χ3n) is 3.70. The average molecular weight is 330 g/mol. The van der Waals surface area contributed by atoms with E-state index >= 15 is 0 Å². The fraction of sp³-hybridized carbons (Fsp3) is 0.800. The minimum Gasteiger partial charge on any atom is -0.481 e. The lowest BCUT2D eigenvalue weighted by Crippen LogP contribution is -2.51. The average Bonchev–Trinajstić information content (AvgIpc) is 2.84. The van der Waals surface area contributed by atoms with Crippen LogP contribution in [0.1, 0.15) is 41.0 Å². The van der Waals surface area contributed by atoms with Gasteiger partial charge in [0, 0.05) is 18.2 Å². The van der Waals surface area contributed by atoms with Crippen LogP contribution in [0.3, 0.4) is 0 Å². The quantitative estimate of drug-likeness (QED) is 0.799. The molecule has 0 aromatic carbocycles. The molecule has 3 atom stereocenters. The molecule has 0 aromatic rings. The second-order valence-corrected chi connectivity index (χ2v) is 8.04. The van der Waals surface area contributed by atoms with Gasteiger partial charge in [-0.25, -0.2) is 0 Å². The SMILES string of the molecule is CC(NC(=O)C1CSCN1C(=O)CC(C)(C)C)C(C)C(=O)O. The Kier molecular flexibility index (Phi) is 6.28. The Morgan fingerprint density at radius 2 is 1.91 bits per heavy atom. The molecule has 126 valence electrons. The number of carboxylic acid groups (broad SMARTS) is 1. The van der Waals surface area contributed by atoms with Crippen molar-refractivity contribution in [2.45, 2.75) is 53.1 Å². The van der Waals surface area contributed by atoms with Gasteiger partial charge in [0.1, 0.15) is 6.04 Å². The molecule has 2 amide bonds. The van der Waals surface area contributed by atoms with Gasteiger partial charge in [0.2, 0.25) is 11.8 Å². The van der Waals surface area contributed by atoms with Gasteiger partial charge in [0.15, 0.2) is 0 Å². The number of nitrogens with zero attached hydrogens (tertiary/aromatic N) is 1. The van der Waals surface area contributed by atoms with Crippen molar-refractivity contribution >= 4 is 29.5 Å². The molecule has 0 aromatic heterocycles. The third kappa shape index (κ3) is 5.19. The van der Waals surface area contributed by atoms with E-state index in [9.17, 15) is 14.4 Å². The molecule has 1 aliphatic rings. The van der Waals surface area contributed by atoms with E-state index in [4.69, 9.17) is 5.11 Å². The topological polar surface area (TPSA) is 86.7 Å². The molecule has 7 heteroatoms. The first kappa shape index (κ1) is 18.8. The second-order valence-electron chi connectivity index (χ2n) is 7.04. The van der Waals surface area contributed by atoms with Crippen molar-refractivity contribution in [2.75, 3.05) is 11.6 Å². The molecule has 22 heavy (non-hydrogen) atoms. The van der Waals surface area contributed by atoms with Gasteiger partial charge in [0.25, 0.3) is 0 Å². The molecule has 1 rings (SSSR count). The first-order chi connectivity index (χ1) is 10.0. The van der Waals surface area contributed by atoms with Gasteiger partial charge in [-0.15, -0.1) is 11.8 Å². The van der Waals surface area contributed by atoms with E-state index < -0.39 is 24.0 Å². The lowest BCUT2D eigenvalue weighted by molar-refractivity contribution is -0.143. The van der Waals surface area contributed by atoms with Crippen molar-refractivity contribution in [3.05, 3.63) is 0 Å². The van der Waals surface area contributed by atoms with Crippen LogP contribution in [0.25, 0.3) is 0 Å². The zero-order chi connectivity index (χ0) is 17.1. The highest BCUT2D eigenvalue weighted by atomic mass is 32.2. The van der Waals surface area contributed by atoms with Crippen LogP contribution in [-0.2, 0) is 14.4 Å². The van der Waals surface area contributed by atoms with Gasteiger partial charge < -0.3 is 15.3 Å². The molecular formula is C15H26N2O4S. The van der Waals surface area contributed by atoms with Crippen LogP contribution < -0.4 is 5.32 Å². The van der Waals surface area contributed by atoms with E-state index in [0.29, 0.717) is 18.1 Å². The molecule has 1 fully saturated rings. The van der Waals surface area contributed by atoms with Crippen molar-refractivity contribution in [2.24, 2.45) is 11.3 Å². The van der Waals surface area contributed by atoms with Crippen molar-refractivity contribution in [1.29, 1.82) is 0 Å². The molecule has 0 radical (unpaired) electrons. The maximum Gasteiger partial charge on any atom is 0.308 e. The molecule has 0 spiro atoms.